The lowest BCUT2D eigenvalue weighted by atomic mass is 10.1. The third kappa shape index (κ3) is 4.83. The summed E-state index contributed by atoms with van der Waals surface area (Å²) in [4.78, 5) is 17.0. The van der Waals surface area contributed by atoms with E-state index in [1.165, 1.54) is 16.4 Å². The van der Waals surface area contributed by atoms with Gasteiger partial charge < -0.3 is 9.84 Å². The first-order valence-electron chi connectivity index (χ1n) is 10.2. The minimum Gasteiger partial charge on any atom is -0.343 e. The van der Waals surface area contributed by atoms with E-state index in [4.69, 9.17) is 4.52 Å². The first-order chi connectivity index (χ1) is 14.9. The van der Waals surface area contributed by atoms with Gasteiger partial charge in [-0.3, -0.25) is 4.79 Å². The Kier molecular flexibility index (Phi) is 6.15. The van der Waals surface area contributed by atoms with Gasteiger partial charge in [0.15, 0.2) is 0 Å². The van der Waals surface area contributed by atoms with Gasteiger partial charge in [-0.2, -0.15) is 9.29 Å². The second kappa shape index (κ2) is 8.99. The predicted octanol–water partition coefficient (Wildman–Crippen LogP) is 3.15. The second-order valence-corrected chi connectivity index (χ2v) is 9.49. The van der Waals surface area contributed by atoms with Crippen molar-refractivity contribution >= 4 is 15.9 Å². The van der Waals surface area contributed by atoms with Crippen LogP contribution in [0, 0.1) is 6.92 Å². The Morgan fingerprint density at radius 3 is 2.65 bits per heavy atom. The number of benzene rings is 2. The van der Waals surface area contributed by atoms with Gasteiger partial charge in [0.1, 0.15) is 0 Å². The molecule has 1 amide bonds. The highest BCUT2D eigenvalue weighted by Gasteiger charge is 2.26. The molecular weight excluding hydrogens is 416 g/mol. The molecule has 2 aromatic carbocycles. The molecule has 0 spiro atoms. The number of hydrogen-bond donors (Lipinski definition) is 1. The number of aryl methyl sites for hydroxylation is 1. The first-order valence-corrected chi connectivity index (χ1v) is 11.7. The Balaban J connectivity index is 1.43. The van der Waals surface area contributed by atoms with Gasteiger partial charge >= 0.3 is 0 Å². The van der Waals surface area contributed by atoms with Crippen LogP contribution in [0.4, 0.5) is 0 Å². The van der Waals surface area contributed by atoms with Gasteiger partial charge in [0.05, 0.1) is 11.4 Å². The van der Waals surface area contributed by atoms with Crippen molar-refractivity contribution < 1.29 is 17.7 Å². The zero-order valence-electron chi connectivity index (χ0n) is 17.2. The largest absolute Gasteiger partial charge is 0.343 e. The maximum atomic E-state index is 12.9. The van der Waals surface area contributed by atoms with Crippen molar-refractivity contribution in [2.24, 2.45) is 0 Å². The molecule has 0 aliphatic carbocycles. The topological polar surface area (TPSA) is 105 Å². The summed E-state index contributed by atoms with van der Waals surface area (Å²) in [6.45, 7) is 3.05. The van der Waals surface area contributed by atoms with Crippen LogP contribution in [0.15, 0.2) is 57.9 Å². The third-order valence-electron chi connectivity index (χ3n) is 5.19. The lowest BCUT2D eigenvalue weighted by Crippen LogP contribution is -2.35. The molecule has 0 saturated carbocycles. The number of rotatable bonds is 6. The fraction of sp³-hybridized carbons (Fsp3) is 0.318. The Bertz CT molecular complexity index is 1180. The molecule has 4 rings (SSSR count). The molecule has 1 fully saturated rings. The smallest absolute Gasteiger partial charge is 0.251 e. The highest BCUT2D eigenvalue weighted by atomic mass is 32.2. The summed E-state index contributed by atoms with van der Waals surface area (Å²) in [7, 11) is -3.60. The Hall–Kier alpha value is -3.04. The number of piperidine rings is 1. The van der Waals surface area contributed by atoms with E-state index in [-0.39, 0.29) is 22.9 Å². The molecule has 1 aliphatic rings. The molecule has 1 saturated heterocycles. The summed E-state index contributed by atoms with van der Waals surface area (Å²) >= 11 is 0. The van der Waals surface area contributed by atoms with Crippen LogP contribution < -0.4 is 5.32 Å². The molecule has 1 aliphatic heterocycles. The number of hydrogen-bond acceptors (Lipinski definition) is 6. The molecule has 0 unspecified atom stereocenters. The van der Waals surface area contributed by atoms with Gasteiger partial charge in [0, 0.05) is 24.2 Å². The normalized spacial score (nSPS) is 15.0. The molecular formula is C22H24N4O4S. The van der Waals surface area contributed by atoms with Gasteiger partial charge in [-0.1, -0.05) is 41.4 Å². The Morgan fingerprint density at radius 1 is 1.10 bits per heavy atom. The van der Waals surface area contributed by atoms with Gasteiger partial charge in [0.25, 0.3) is 5.91 Å². The van der Waals surface area contributed by atoms with Crippen LogP contribution in [0.1, 0.15) is 41.1 Å². The fourth-order valence-corrected chi connectivity index (χ4v) is 5.10. The minimum absolute atomic E-state index is 0.0424. The van der Waals surface area contributed by atoms with E-state index in [2.05, 4.69) is 15.5 Å². The van der Waals surface area contributed by atoms with Gasteiger partial charge in [-0.15, -0.1) is 0 Å². The number of carbonyl (C=O) groups is 1. The van der Waals surface area contributed by atoms with E-state index in [1.807, 2.05) is 31.2 Å². The Morgan fingerprint density at radius 2 is 1.87 bits per heavy atom. The van der Waals surface area contributed by atoms with Crippen molar-refractivity contribution in [3.8, 4) is 11.4 Å². The van der Waals surface area contributed by atoms with Crippen LogP contribution in [0.3, 0.4) is 0 Å². The fourth-order valence-electron chi connectivity index (χ4n) is 3.54. The minimum atomic E-state index is -3.60. The van der Waals surface area contributed by atoms with E-state index >= 15 is 0 Å². The number of carbonyl (C=O) groups excluding carboxylic acids is 1. The highest BCUT2D eigenvalue weighted by molar-refractivity contribution is 7.89. The summed E-state index contributed by atoms with van der Waals surface area (Å²) in [5.74, 6) is 0.301. The van der Waals surface area contributed by atoms with Crippen molar-refractivity contribution in [2.45, 2.75) is 37.6 Å². The lowest BCUT2D eigenvalue weighted by Gasteiger charge is -2.26. The maximum Gasteiger partial charge on any atom is 0.251 e. The zero-order chi connectivity index (χ0) is 21.8. The van der Waals surface area contributed by atoms with Crippen LogP contribution >= 0.6 is 0 Å². The van der Waals surface area contributed by atoms with E-state index in [0.29, 0.717) is 18.9 Å². The van der Waals surface area contributed by atoms with E-state index in [9.17, 15) is 13.2 Å². The molecule has 162 valence electrons. The van der Waals surface area contributed by atoms with E-state index < -0.39 is 15.9 Å². The van der Waals surface area contributed by atoms with Crippen molar-refractivity contribution in [1.82, 2.24) is 19.8 Å². The molecule has 9 heteroatoms. The molecule has 3 aromatic rings. The Labute approximate surface area is 181 Å². The average Bonchev–Trinajstić information content (AvgIpc) is 3.27. The van der Waals surface area contributed by atoms with Crippen molar-refractivity contribution in [3.05, 3.63) is 65.5 Å². The summed E-state index contributed by atoms with van der Waals surface area (Å²) < 4.78 is 32.4. The quantitative estimate of drug-likeness (QED) is 0.631. The van der Waals surface area contributed by atoms with Crippen LogP contribution in [0.25, 0.3) is 11.4 Å². The molecule has 1 aromatic heterocycles. The molecule has 0 radical (unpaired) electrons. The summed E-state index contributed by atoms with van der Waals surface area (Å²) in [6.07, 6.45) is 2.75. The first kappa shape index (κ1) is 21.2. The van der Waals surface area contributed by atoms with E-state index in [0.717, 1.165) is 30.4 Å². The number of aromatic nitrogens is 2. The molecule has 0 bridgehead atoms. The van der Waals surface area contributed by atoms with Crippen LogP contribution in [0.2, 0.25) is 0 Å². The monoisotopic (exact) mass is 440 g/mol. The van der Waals surface area contributed by atoms with Crippen LogP contribution in [0.5, 0.6) is 0 Å². The molecule has 8 nitrogen and oxygen atoms in total. The number of nitrogens with zero attached hydrogens (tertiary/aromatic N) is 3. The van der Waals surface area contributed by atoms with Crippen molar-refractivity contribution in [2.75, 3.05) is 13.1 Å². The maximum absolute atomic E-state index is 12.9. The molecule has 2 heterocycles. The highest BCUT2D eigenvalue weighted by Crippen LogP contribution is 2.21. The molecule has 1 N–H and O–H groups in total. The number of sulfonamides is 1. The van der Waals surface area contributed by atoms with Crippen LogP contribution in [-0.4, -0.2) is 41.9 Å². The molecule has 0 atom stereocenters. The summed E-state index contributed by atoms with van der Waals surface area (Å²) in [5.41, 5.74) is 2.17. The average molecular weight is 441 g/mol. The second-order valence-electron chi connectivity index (χ2n) is 7.56. The number of amides is 1. The third-order valence-corrected chi connectivity index (χ3v) is 7.09. The van der Waals surface area contributed by atoms with Gasteiger partial charge in [0.2, 0.25) is 21.7 Å². The zero-order valence-corrected chi connectivity index (χ0v) is 18.1. The lowest BCUT2D eigenvalue weighted by molar-refractivity contribution is 0.0946. The molecule has 31 heavy (non-hydrogen) atoms. The SMILES string of the molecule is Cc1cccc(-c2noc(CNC(=O)c3cccc(S(=O)(=O)N4CCCCC4)c3)n2)c1. The van der Waals surface area contributed by atoms with Gasteiger partial charge in [-0.25, -0.2) is 8.42 Å². The summed E-state index contributed by atoms with van der Waals surface area (Å²) in [5, 5.41) is 6.66. The standard InChI is InChI=1S/C22H24N4O4S/c1-16-7-5-8-17(13-16)21-24-20(30-25-21)15-23-22(27)18-9-6-10-19(14-18)31(28,29)26-11-3-2-4-12-26/h5-10,13-14H,2-4,11-12,15H2,1H3,(H,23,27). The summed E-state index contributed by atoms with van der Waals surface area (Å²) in [6, 6.07) is 13.8. The number of nitrogens with one attached hydrogen (secondary N) is 1. The van der Waals surface area contributed by atoms with Crippen molar-refractivity contribution in [3.63, 3.8) is 0 Å². The van der Waals surface area contributed by atoms with E-state index in [1.54, 1.807) is 12.1 Å². The van der Waals surface area contributed by atoms with Crippen molar-refractivity contribution in [1.29, 1.82) is 0 Å². The predicted molar refractivity (Wildman–Crippen MR) is 115 cm³/mol. The van der Waals surface area contributed by atoms with Crippen LogP contribution in [-0.2, 0) is 16.6 Å². The van der Waals surface area contributed by atoms with Gasteiger partial charge in [-0.05, 0) is 44.0 Å².